The van der Waals surface area contributed by atoms with Gasteiger partial charge in [-0.05, 0) is 37.0 Å². The molecule has 0 radical (unpaired) electrons. The van der Waals surface area contributed by atoms with Gasteiger partial charge in [-0.1, -0.05) is 34.6 Å². The summed E-state index contributed by atoms with van der Waals surface area (Å²) in [5, 5.41) is 3.55. The largest absolute Gasteiger partial charge is 0.325 e. The summed E-state index contributed by atoms with van der Waals surface area (Å²) in [6.45, 7) is 14.0. The Bertz CT molecular complexity index is 350. The average molecular weight is 252 g/mol. The minimum absolute atomic E-state index is 0.207. The van der Waals surface area contributed by atoms with Crippen LogP contribution in [0.15, 0.2) is 0 Å². The summed E-state index contributed by atoms with van der Waals surface area (Å²) < 4.78 is 0. The standard InChI is InChI=1S/C15H28N2O/c1-7-15(6)13(18)17(12(16-15)10(2)3)9-11-8-14(11,4)5/h10-12,16H,7-9H2,1-6H3. The third-order valence-electron chi connectivity index (χ3n) is 5.01. The van der Waals surface area contributed by atoms with E-state index in [1.54, 1.807) is 0 Å². The Morgan fingerprint density at radius 2 is 1.94 bits per heavy atom. The van der Waals surface area contributed by atoms with Crippen molar-refractivity contribution >= 4 is 5.91 Å². The number of carbonyl (C=O) groups is 1. The van der Waals surface area contributed by atoms with Crippen molar-refractivity contribution in [1.82, 2.24) is 10.2 Å². The second-order valence-electron chi connectivity index (χ2n) is 7.37. The van der Waals surface area contributed by atoms with E-state index in [-0.39, 0.29) is 11.7 Å². The minimum atomic E-state index is -0.353. The van der Waals surface area contributed by atoms with E-state index >= 15 is 0 Å². The number of rotatable bonds is 4. The molecule has 1 amide bonds. The predicted molar refractivity (Wildman–Crippen MR) is 74.1 cm³/mol. The molecule has 3 atom stereocenters. The van der Waals surface area contributed by atoms with Crippen molar-refractivity contribution in [2.45, 2.75) is 66.1 Å². The fourth-order valence-corrected chi connectivity index (χ4v) is 3.01. The van der Waals surface area contributed by atoms with Crippen LogP contribution >= 0.6 is 0 Å². The van der Waals surface area contributed by atoms with Crippen molar-refractivity contribution in [3.63, 3.8) is 0 Å². The molecule has 3 unspecified atom stereocenters. The maximum absolute atomic E-state index is 12.6. The van der Waals surface area contributed by atoms with Gasteiger partial charge in [0.15, 0.2) is 0 Å². The highest BCUT2D eigenvalue weighted by Crippen LogP contribution is 2.52. The molecule has 104 valence electrons. The lowest BCUT2D eigenvalue weighted by atomic mass is 9.99. The van der Waals surface area contributed by atoms with Crippen LogP contribution in [-0.4, -0.2) is 29.1 Å². The van der Waals surface area contributed by atoms with Crippen LogP contribution in [-0.2, 0) is 4.79 Å². The summed E-state index contributed by atoms with van der Waals surface area (Å²) in [5.74, 6) is 1.44. The van der Waals surface area contributed by atoms with Crippen LogP contribution in [0.25, 0.3) is 0 Å². The minimum Gasteiger partial charge on any atom is -0.325 e. The third-order valence-corrected chi connectivity index (χ3v) is 5.01. The molecule has 1 N–H and O–H groups in total. The number of nitrogens with zero attached hydrogens (tertiary/aromatic N) is 1. The van der Waals surface area contributed by atoms with Crippen LogP contribution in [0.3, 0.4) is 0 Å². The lowest BCUT2D eigenvalue weighted by Crippen LogP contribution is -2.45. The van der Waals surface area contributed by atoms with E-state index in [0.29, 0.717) is 23.2 Å². The number of amides is 1. The summed E-state index contributed by atoms with van der Waals surface area (Å²) in [7, 11) is 0. The SMILES string of the molecule is CCC1(C)NC(C(C)C)N(CC2CC2(C)C)C1=O. The predicted octanol–water partition coefficient (Wildman–Crippen LogP) is 2.62. The van der Waals surface area contributed by atoms with Crippen LogP contribution in [0.2, 0.25) is 0 Å². The van der Waals surface area contributed by atoms with Gasteiger partial charge in [-0.25, -0.2) is 0 Å². The Hall–Kier alpha value is -0.570. The van der Waals surface area contributed by atoms with E-state index < -0.39 is 0 Å². The molecule has 1 saturated heterocycles. The monoisotopic (exact) mass is 252 g/mol. The molecule has 0 bridgehead atoms. The molecule has 1 aliphatic carbocycles. The van der Waals surface area contributed by atoms with E-state index in [2.05, 4.69) is 44.8 Å². The zero-order valence-electron chi connectivity index (χ0n) is 12.7. The zero-order valence-corrected chi connectivity index (χ0v) is 12.7. The topological polar surface area (TPSA) is 32.3 Å². The van der Waals surface area contributed by atoms with Crippen LogP contribution in [0.1, 0.15) is 54.4 Å². The van der Waals surface area contributed by atoms with Crippen molar-refractivity contribution in [1.29, 1.82) is 0 Å². The maximum Gasteiger partial charge on any atom is 0.243 e. The quantitative estimate of drug-likeness (QED) is 0.834. The van der Waals surface area contributed by atoms with E-state index in [4.69, 9.17) is 0 Å². The molecule has 1 saturated carbocycles. The van der Waals surface area contributed by atoms with Crippen LogP contribution < -0.4 is 5.32 Å². The van der Waals surface area contributed by atoms with Crippen LogP contribution in [0.5, 0.6) is 0 Å². The van der Waals surface area contributed by atoms with Gasteiger partial charge >= 0.3 is 0 Å². The third kappa shape index (κ3) is 2.18. The molecule has 3 heteroatoms. The summed E-state index contributed by atoms with van der Waals surface area (Å²) in [6, 6.07) is 0. The molecule has 18 heavy (non-hydrogen) atoms. The molecule has 3 nitrogen and oxygen atoms in total. The molecule has 1 aliphatic heterocycles. The molecule has 0 aromatic rings. The van der Waals surface area contributed by atoms with E-state index in [1.807, 2.05) is 6.92 Å². The van der Waals surface area contributed by atoms with Gasteiger partial charge in [0.1, 0.15) is 0 Å². The van der Waals surface area contributed by atoms with Crippen molar-refractivity contribution in [2.24, 2.45) is 17.3 Å². The Labute approximate surface area is 111 Å². The van der Waals surface area contributed by atoms with Crippen molar-refractivity contribution < 1.29 is 4.79 Å². The summed E-state index contributed by atoms with van der Waals surface area (Å²) in [6.07, 6.45) is 2.32. The molecular weight excluding hydrogens is 224 g/mol. The molecule has 2 fully saturated rings. The van der Waals surface area contributed by atoms with Crippen LogP contribution in [0, 0.1) is 17.3 Å². The summed E-state index contributed by atoms with van der Waals surface area (Å²) in [4.78, 5) is 14.7. The Morgan fingerprint density at radius 3 is 2.33 bits per heavy atom. The van der Waals surface area contributed by atoms with Crippen LogP contribution in [0.4, 0.5) is 0 Å². The molecule has 0 aromatic carbocycles. The van der Waals surface area contributed by atoms with Crippen molar-refractivity contribution in [3.05, 3.63) is 0 Å². The Morgan fingerprint density at radius 1 is 1.39 bits per heavy atom. The first-order valence-corrected chi connectivity index (χ1v) is 7.30. The molecule has 2 rings (SSSR count). The number of nitrogens with one attached hydrogen (secondary N) is 1. The smallest absolute Gasteiger partial charge is 0.243 e. The molecular formula is C15H28N2O. The van der Waals surface area contributed by atoms with Gasteiger partial charge in [-0.2, -0.15) is 0 Å². The van der Waals surface area contributed by atoms with Gasteiger partial charge in [-0.3, -0.25) is 10.1 Å². The van der Waals surface area contributed by atoms with Crippen molar-refractivity contribution in [3.8, 4) is 0 Å². The van der Waals surface area contributed by atoms with Gasteiger partial charge in [0.25, 0.3) is 0 Å². The first kappa shape index (κ1) is 13.9. The summed E-state index contributed by atoms with van der Waals surface area (Å²) in [5.41, 5.74) is 0.0843. The summed E-state index contributed by atoms with van der Waals surface area (Å²) >= 11 is 0. The second-order valence-corrected chi connectivity index (χ2v) is 7.37. The fraction of sp³-hybridized carbons (Fsp3) is 0.933. The zero-order chi connectivity index (χ0) is 13.7. The first-order valence-electron chi connectivity index (χ1n) is 7.30. The highest BCUT2D eigenvalue weighted by molar-refractivity contribution is 5.88. The molecule has 2 aliphatic rings. The highest BCUT2D eigenvalue weighted by atomic mass is 16.2. The van der Waals surface area contributed by atoms with Gasteiger partial charge in [0.05, 0.1) is 11.7 Å². The lowest BCUT2D eigenvalue weighted by molar-refractivity contribution is -0.133. The maximum atomic E-state index is 12.6. The van der Waals surface area contributed by atoms with E-state index in [0.717, 1.165) is 13.0 Å². The van der Waals surface area contributed by atoms with E-state index in [9.17, 15) is 4.79 Å². The lowest BCUT2D eigenvalue weighted by Gasteiger charge is -2.27. The average Bonchev–Trinajstić information content (AvgIpc) is 2.80. The van der Waals surface area contributed by atoms with E-state index in [1.165, 1.54) is 6.42 Å². The normalized spacial score (nSPS) is 38.6. The number of carbonyl (C=O) groups excluding carboxylic acids is 1. The number of hydrogen-bond acceptors (Lipinski definition) is 2. The van der Waals surface area contributed by atoms with Crippen molar-refractivity contribution in [2.75, 3.05) is 6.54 Å². The fourth-order valence-electron chi connectivity index (χ4n) is 3.01. The Balaban J connectivity index is 2.13. The molecule has 1 heterocycles. The van der Waals surface area contributed by atoms with Gasteiger partial charge < -0.3 is 4.90 Å². The highest BCUT2D eigenvalue weighted by Gasteiger charge is 2.52. The van der Waals surface area contributed by atoms with Gasteiger partial charge in [0, 0.05) is 6.54 Å². The van der Waals surface area contributed by atoms with Gasteiger partial charge in [-0.15, -0.1) is 0 Å². The van der Waals surface area contributed by atoms with Gasteiger partial charge in [0.2, 0.25) is 5.91 Å². The first-order chi connectivity index (χ1) is 8.21. The molecule has 0 spiro atoms. The number of hydrogen-bond donors (Lipinski definition) is 1. The second kappa shape index (κ2) is 4.22. The Kier molecular flexibility index (Phi) is 3.25. The molecule has 0 aromatic heterocycles.